The molecule has 1 radical (unpaired) electrons. The molecule has 0 saturated carbocycles. The SMILES string of the molecule is CC(=NNS(=O)(=O)c1ccc(C)cc1)c1ccccc1.[Na]. The number of hydrazone groups is 1. The van der Waals surface area contributed by atoms with Gasteiger partial charge in [-0.25, -0.2) is 0 Å². The summed E-state index contributed by atoms with van der Waals surface area (Å²) in [6.45, 7) is 3.66. The molecule has 2 aromatic carbocycles. The minimum Gasteiger partial charge on any atom is -0.200 e. The van der Waals surface area contributed by atoms with Crippen molar-refractivity contribution < 1.29 is 8.42 Å². The minimum atomic E-state index is -3.62. The molecule has 0 aromatic heterocycles. The molecule has 2 aromatic rings. The van der Waals surface area contributed by atoms with Crippen molar-refractivity contribution >= 4 is 45.3 Å². The summed E-state index contributed by atoms with van der Waals surface area (Å²) in [6, 6.07) is 16.0. The van der Waals surface area contributed by atoms with Crippen molar-refractivity contribution in [3.63, 3.8) is 0 Å². The predicted molar refractivity (Wildman–Crippen MR) is 85.9 cm³/mol. The average Bonchev–Trinajstić information content (AvgIpc) is 2.46. The van der Waals surface area contributed by atoms with Gasteiger partial charge in [0.25, 0.3) is 10.0 Å². The Morgan fingerprint density at radius 1 is 1.00 bits per heavy atom. The van der Waals surface area contributed by atoms with Crippen LogP contribution in [0.4, 0.5) is 0 Å². The largest absolute Gasteiger partial charge is 0.276 e. The summed E-state index contributed by atoms with van der Waals surface area (Å²) in [5.41, 5.74) is 2.49. The zero-order chi connectivity index (χ0) is 14.6. The van der Waals surface area contributed by atoms with Crippen LogP contribution in [-0.4, -0.2) is 43.7 Å². The van der Waals surface area contributed by atoms with Crippen molar-refractivity contribution in [2.45, 2.75) is 18.7 Å². The Morgan fingerprint density at radius 2 is 1.57 bits per heavy atom. The van der Waals surface area contributed by atoms with Crippen LogP contribution >= 0.6 is 0 Å². The quantitative estimate of drug-likeness (QED) is 0.535. The van der Waals surface area contributed by atoms with E-state index in [1.165, 1.54) is 0 Å². The second-order valence-corrected chi connectivity index (χ2v) is 6.13. The molecule has 0 spiro atoms. The molecule has 0 amide bonds. The molecule has 21 heavy (non-hydrogen) atoms. The molecule has 6 heteroatoms. The van der Waals surface area contributed by atoms with E-state index in [2.05, 4.69) is 9.93 Å². The van der Waals surface area contributed by atoms with E-state index in [1.54, 1.807) is 31.2 Å². The van der Waals surface area contributed by atoms with E-state index in [0.29, 0.717) is 5.71 Å². The molecule has 0 aliphatic rings. The summed E-state index contributed by atoms with van der Waals surface area (Å²) in [5.74, 6) is 0. The fraction of sp³-hybridized carbons (Fsp3) is 0.133. The first-order valence-corrected chi connectivity index (χ1v) is 7.65. The topological polar surface area (TPSA) is 58.5 Å². The smallest absolute Gasteiger partial charge is 0.200 e. The molecule has 0 aliphatic carbocycles. The van der Waals surface area contributed by atoms with Crippen LogP contribution in [0.5, 0.6) is 0 Å². The molecular weight excluding hydrogens is 295 g/mol. The van der Waals surface area contributed by atoms with E-state index in [0.717, 1.165) is 11.1 Å². The van der Waals surface area contributed by atoms with Crippen molar-refractivity contribution in [1.82, 2.24) is 4.83 Å². The van der Waals surface area contributed by atoms with E-state index >= 15 is 0 Å². The van der Waals surface area contributed by atoms with E-state index in [-0.39, 0.29) is 34.5 Å². The average molecular weight is 311 g/mol. The fourth-order valence-electron chi connectivity index (χ4n) is 1.64. The van der Waals surface area contributed by atoms with Gasteiger partial charge in [-0.05, 0) is 31.5 Å². The van der Waals surface area contributed by atoms with E-state index < -0.39 is 10.0 Å². The zero-order valence-electron chi connectivity index (χ0n) is 12.4. The van der Waals surface area contributed by atoms with Crippen molar-refractivity contribution in [1.29, 1.82) is 0 Å². The molecule has 0 saturated heterocycles. The van der Waals surface area contributed by atoms with Gasteiger partial charge in [-0.2, -0.15) is 18.4 Å². The number of nitrogens with one attached hydrogen (secondary N) is 1. The van der Waals surface area contributed by atoms with Gasteiger partial charge in [-0.3, -0.25) is 0 Å². The van der Waals surface area contributed by atoms with Crippen LogP contribution in [0.1, 0.15) is 18.1 Å². The number of aryl methyl sites for hydroxylation is 1. The Kier molecular flexibility index (Phi) is 6.61. The second kappa shape index (κ2) is 7.75. The Bertz CT molecular complexity index is 711. The molecule has 1 N–H and O–H groups in total. The molecule has 4 nitrogen and oxygen atoms in total. The molecule has 2 rings (SSSR count). The number of sulfonamides is 1. The molecular formula is C15H16N2NaO2S. The molecule has 0 unspecified atom stereocenters. The van der Waals surface area contributed by atoms with Gasteiger partial charge in [0.15, 0.2) is 0 Å². The van der Waals surface area contributed by atoms with Gasteiger partial charge >= 0.3 is 0 Å². The third-order valence-electron chi connectivity index (χ3n) is 2.86. The molecule has 0 bridgehead atoms. The third-order valence-corrected chi connectivity index (χ3v) is 4.08. The Balaban J connectivity index is 0.00000220. The van der Waals surface area contributed by atoms with Gasteiger partial charge in [0, 0.05) is 29.6 Å². The first-order valence-electron chi connectivity index (χ1n) is 6.17. The van der Waals surface area contributed by atoms with E-state index in [4.69, 9.17) is 0 Å². The molecule has 0 fully saturated rings. The zero-order valence-corrected chi connectivity index (χ0v) is 15.2. The summed E-state index contributed by atoms with van der Waals surface area (Å²) in [7, 11) is -3.62. The predicted octanol–water partition coefficient (Wildman–Crippen LogP) is 2.32. The van der Waals surface area contributed by atoms with Crippen molar-refractivity contribution in [2.24, 2.45) is 5.10 Å². The number of rotatable bonds is 4. The minimum absolute atomic E-state index is 0. The molecule has 0 aliphatic heterocycles. The van der Waals surface area contributed by atoms with Crippen molar-refractivity contribution in [3.8, 4) is 0 Å². The Morgan fingerprint density at radius 3 is 2.14 bits per heavy atom. The Hall–Kier alpha value is -1.14. The van der Waals surface area contributed by atoms with Crippen LogP contribution in [-0.2, 0) is 10.0 Å². The van der Waals surface area contributed by atoms with E-state index in [1.807, 2.05) is 37.3 Å². The van der Waals surface area contributed by atoms with Gasteiger partial charge in [0.2, 0.25) is 0 Å². The van der Waals surface area contributed by atoms with Crippen LogP contribution in [0, 0.1) is 6.92 Å². The van der Waals surface area contributed by atoms with Gasteiger partial charge < -0.3 is 0 Å². The standard InChI is InChI=1S/C15H16N2O2S.Na/c1-12-8-10-15(11-9-12)20(18,19)17-16-13(2)14-6-4-3-5-7-14;/h3-11,17H,1-2H3;. The number of hydrogen-bond donors (Lipinski definition) is 1. The number of nitrogens with zero attached hydrogens (tertiary/aromatic N) is 1. The third kappa shape index (κ3) is 4.97. The first kappa shape index (κ1) is 17.9. The summed E-state index contributed by atoms with van der Waals surface area (Å²) in [4.78, 5) is 2.45. The van der Waals surface area contributed by atoms with Crippen LogP contribution in [0.3, 0.4) is 0 Å². The van der Waals surface area contributed by atoms with Crippen LogP contribution in [0.25, 0.3) is 0 Å². The maximum atomic E-state index is 12.1. The summed E-state index contributed by atoms with van der Waals surface area (Å²) >= 11 is 0. The fourth-order valence-corrected chi connectivity index (χ4v) is 2.50. The maximum Gasteiger partial charge on any atom is 0.276 e. The second-order valence-electron chi connectivity index (χ2n) is 4.47. The maximum absolute atomic E-state index is 12.1. The summed E-state index contributed by atoms with van der Waals surface area (Å²) < 4.78 is 24.1. The van der Waals surface area contributed by atoms with Crippen LogP contribution < -0.4 is 4.83 Å². The summed E-state index contributed by atoms with van der Waals surface area (Å²) in [6.07, 6.45) is 0. The summed E-state index contributed by atoms with van der Waals surface area (Å²) in [5, 5.41) is 3.94. The Labute approximate surface area is 147 Å². The van der Waals surface area contributed by atoms with Gasteiger partial charge in [-0.1, -0.05) is 48.0 Å². The van der Waals surface area contributed by atoms with Gasteiger partial charge in [0.05, 0.1) is 10.6 Å². The van der Waals surface area contributed by atoms with Crippen LogP contribution in [0.2, 0.25) is 0 Å². The van der Waals surface area contributed by atoms with Crippen molar-refractivity contribution in [3.05, 3.63) is 65.7 Å². The monoisotopic (exact) mass is 311 g/mol. The van der Waals surface area contributed by atoms with Gasteiger partial charge in [0.1, 0.15) is 0 Å². The van der Waals surface area contributed by atoms with Gasteiger partial charge in [-0.15, -0.1) is 0 Å². The first-order chi connectivity index (χ1) is 9.49. The molecule has 0 heterocycles. The van der Waals surface area contributed by atoms with Crippen molar-refractivity contribution in [2.75, 3.05) is 0 Å². The molecule has 0 atom stereocenters. The number of hydrogen-bond acceptors (Lipinski definition) is 3. The van der Waals surface area contributed by atoms with Crippen LogP contribution in [0.15, 0.2) is 64.6 Å². The molecule has 105 valence electrons. The number of benzene rings is 2. The van der Waals surface area contributed by atoms with E-state index in [9.17, 15) is 8.42 Å². The normalized spacial score (nSPS) is 11.6.